The fourth-order valence-corrected chi connectivity index (χ4v) is 2.63. The van der Waals surface area contributed by atoms with Gasteiger partial charge in [-0.05, 0) is 62.7 Å². The van der Waals surface area contributed by atoms with Crippen LogP contribution in [-0.4, -0.2) is 23.7 Å². The van der Waals surface area contributed by atoms with Crippen molar-refractivity contribution in [2.45, 2.75) is 40.2 Å². The second-order valence-electron chi connectivity index (χ2n) is 7.13. The molecule has 0 spiro atoms. The summed E-state index contributed by atoms with van der Waals surface area (Å²) in [7, 11) is 0. The Bertz CT molecular complexity index is 806. The Hall–Kier alpha value is -2.60. The fourth-order valence-electron chi connectivity index (χ4n) is 2.42. The summed E-state index contributed by atoms with van der Waals surface area (Å²) in [5, 5.41) is 5.93. The van der Waals surface area contributed by atoms with Gasteiger partial charge in [-0.15, -0.1) is 0 Å². The number of anilines is 1. The first-order valence-corrected chi connectivity index (χ1v) is 9.87. The van der Waals surface area contributed by atoms with Crippen LogP contribution in [-0.2, 0) is 0 Å². The van der Waals surface area contributed by atoms with Gasteiger partial charge in [0.2, 0.25) is 0 Å². The van der Waals surface area contributed by atoms with Crippen LogP contribution < -0.4 is 20.1 Å². The quantitative estimate of drug-likeness (QED) is 0.609. The van der Waals surface area contributed by atoms with Gasteiger partial charge < -0.3 is 14.8 Å². The Kier molecular flexibility index (Phi) is 8.26. The van der Waals surface area contributed by atoms with Crippen molar-refractivity contribution < 1.29 is 14.3 Å². The van der Waals surface area contributed by atoms with Crippen LogP contribution in [0.3, 0.4) is 0 Å². The number of nitrogens with one attached hydrogen (secondary N) is 2. The molecule has 0 atom stereocenters. The lowest BCUT2D eigenvalue weighted by molar-refractivity contribution is 0.0972. The van der Waals surface area contributed by atoms with Crippen LogP contribution in [0.5, 0.6) is 11.5 Å². The molecule has 0 radical (unpaired) electrons. The maximum Gasteiger partial charge on any atom is 0.261 e. The summed E-state index contributed by atoms with van der Waals surface area (Å²) in [6.45, 7) is 8.81. The van der Waals surface area contributed by atoms with Crippen LogP contribution in [0.4, 0.5) is 5.69 Å². The van der Waals surface area contributed by atoms with Crippen molar-refractivity contribution in [2.24, 2.45) is 5.92 Å². The zero-order valence-corrected chi connectivity index (χ0v) is 17.6. The first kappa shape index (κ1) is 21.7. The second-order valence-corrected chi connectivity index (χ2v) is 7.54. The topological polar surface area (TPSA) is 59.6 Å². The molecule has 2 N–H and O–H groups in total. The minimum absolute atomic E-state index is 0.0301. The number of carbonyl (C=O) groups excluding carboxylic acids is 1. The molecule has 2 aromatic carbocycles. The van der Waals surface area contributed by atoms with E-state index in [1.165, 1.54) is 0 Å². The zero-order chi connectivity index (χ0) is 20.5. The summed E-state index contributed by atoms with van der Waals surface area (Å²) >= 11 is 5.28. The van der Waals surface area contributed by atoms with Crippen molar-refractivity contribution >= 4 is 28.9 Å². The molecule has 28 heavy (non-hydrogen) atoms. The summed E-state index contributed by atoms with van der Waals surface area (Å²) in [5.41, 5.74) is 1.19. The van der Waals surface area contributed by atoms with Gasteiger partial charge in [0.15, 0.2) is 5.11 Å². The molecular formula is C22H28N2O3S. The largest absolute Gasteiger partial charge is 0.494 e. The second kappa shape index (κ2) is 10.7. The van der Waals surface area contributed by atoms with Crippen molar-refractivity contribution in [3.63, 3.8) is 0 Å². The lowest BCUT2D eigenvalue weighted by Crippen LogP contribution is -2.34. The van der Waals surface area contributed by atoms with E-state index in [4.69, 9.17) is 21.7 Å². The number of hydrogen-bond acceptors (Lipinski definition) is 4. The molecule has 1 amide bonds. The molecule has 0 fully saturated rings. The molecule has 0 aliphatic rings. The summed E-state index contributed by atoms with van der Waals surface area (Å²) in [6.07, 6.45) is 0.960. The lowest BCUT2D eigenvalue weighted by Gasteiger charge is -2.15. The van der Waals surface area contributed by atoms with Crippen molar-refractivity contribution in [3.05, 3.63) is 54.1 Å². The van der Waals surface area contributed by atoms with Gasteiger partial charge in [0.25, 0.3) is 5.91 Å². The standard InChI is InChI=1S/C22H28N2O3S/c1-15(2)12-13-26-18-9-7-8-17(14-18)23-22(28)24-21(25)19-10-5-6-11-20(19)27-16(3)4/h5-11,14-16H,12-13H2,1-4H3,(H2,23,24,25,28). The van der Waals surface area contributed by atoms with E-state index >= 15 is 0 Å². The van der Waals surface area contributed by atoms with Gasteiger partial charge in [-0.25, -0.2) is 0 Å². The van der Waals surface area contributed by atoms with Crippen molar-refractivity contribution in [3.8, 4) is 11.5 Å². The molecule has 150 valence electrons. The highest BCUT2D eigenvalue weighted by molar-refractivity contribution is 7.80. The number of hydrogen-bond donors (Lipinski definition) is 2. The molecule has 0 saturated carbocycles. The molecule has 0 aliphatic heterocycles. The molecule has 0 heterocycles. The predicted molar refractivity (Wildman–Crippen MR) is 117 cm³/mol. The van der Waals surface area contributed by atoms with E-state index in [1.54, 1.807) is 18.2 Å². The number of thiocarbonyl (C=S) groups is 1. The van der Waals surface area contributed by atoms with Crippen LogP contribution in [0.2, 0.25) is 0 Å². The molecule has 6 heteroatoms. The van der Waals surface area contributed by atoms with E-state index in [9.17, 15) is 4.79 Å². The van der Waals surface area contributed by atoms with E-state index in [0.29, 0.717) is 23.8 Å². The minimum atomic E-state index is -0.321. The normalized spacial score (nSPS) is 10.6. The average Bonchev–Trinajstić information content (AvgIpc) is 2.61. The van der Waals surface area contributed by atoms with Crippen LogP contribution in [0.1, 0.15) is 44.5 Å². The van der Waals surface area contributed by atoms with Gasteiger partial charge in [0, 0.05) is 11.8 Å². The Labute approximate surface area is 172 Å². The molecule has 0 unspecified atom stereocenters. The molecule has 0 aromatic heterocycles. The summed E-state index contributed by atoms with van der Waals surface area (Å²) in [6, 6.07) is 14.6. The average molecular weight is 401 g/mol. The maximum absolute atomic E-state index is 12.6. The van der Waals surface area contributed by atoms with Crippen molar-refractivity contribution in [1.82, 2.24) is 5.32 Å². The highest BCUT2D eigenvalue weighted by Crippen LogP contribution is 2.20. The van der Waals surface area contributed by atoms with E-state index in [2.05, 4.69) is 24.5 Å². The van der Waals surface area contributed by atoms with Crippen LogP contribution in [0.15, 0.2) is 48.5 Å². The van der Waals surface area contributed by atoms with Gasteiger partial charge in [0.05, 0.1) is 18.3 Å². The van der Waals surface area contributed by atoms with Crippen LogP contribution >= 0.6 is 12.2 Å². The molecule has 2 aromatic rings. The number of carbonyl (C=O) groups is 1. The first-order valence-electron chi connectivity index (χ1n) is 9.46. The molecule has 0 aliphatic carbocycles. The molecule has 5 nitrogen and oxygen atoms in total. The number of rotatable bonds is 8. The number of para-hydroxylation sites is 1. The summed E-state index contributed by atoms with van der Waals surface area (Å²) in [5.74, 6) is 1.55. The number of benzene rings is 2. The van der Waals surface area contributed by atoms with Crippen LogP contribution in [0, 0.1) is 5.92 Å². The predicted octanol–water partition coefficient (Wildman–Crippen LogP) is 5.03. The third-order valence-corrected chi connectivity index (χ3v) is 3.98. The van der Waals surface area contributed by atoms with E-state index < -0.39 is 0 Å². The fraction of sp³-hybridized carbons (Fsp3) is 0.364. The third-order valence-electron chi connectivity index (χ3n) is 3.78. The summed E-state index contributed by atoms with van der Waals surface area (Å²) in [4.78, 5) is 12.6. The monoisotopic (exact) mass is 400 g/mol. The van der Waals surface area contributed by atoms with E-state index in [-0.39, 0.29) is 17.1 Å². The number of ether oxygens (including phenoxy) is 2. The smallest absolute Gasteiger partial charge is 0.261 e. The summed E-state index contributed by atoms with van der Waals surface area (Å²) < 4.78 is 11.5. The zero-order valence-electron chi connectivity index (χ0n) is 16.8. The molecule has 2 rings (SSSR count). The maximum atomic E-state index is 12.6. The van der Waals surface area contributed by atoms with Gasteiger partial charge in [-0.2, -0.15) is 0 Å². The van der Waals surface area contributed by atoms with Crippen LogP contribution in [0.25, 0.3) is 0 Å². The van der Waals surface area contributed by atoms with Gasteiger partial charge >= 0.3 is 0 Å². The molecule has 0 saturated heterocycles. The highest BCUT2D eigenvalue weighted by atomic mass is 32.1. The van der Waals surface area contributed by atoms with E-state index in [1.807, 2.05) is 44.2 Å². The van der Waals surface area contributed by atoms with Gasteiger partial charge in [0.1, 0.15) is 11.5 Å². The Balaban J connectivity index is 1.96. The van der Waals surface area contributed by atoms with Gasteiger partial charge in [-0.3, -0.25) is 10.1 Å². The van der Waals surface area contributed by atoms with Gasteiger partial charge in [-0.1, -0.05) is 32.0 Å². The Morgan fingerprint density at radius 3 is 2.54 bits per heavy atom. The molecular weight excluding hydrogens is 372 g/mol. The van der Waals surface area contributed by atoms with Crippen molar-refractivity contribution in [2.75, 3.05) is 11.9 Å². The Morgan fingerprint density at radius 1 is 1.07 bits per heavy atom. The highest BCUT2D eigenvalue weighted by Gasteiger charge is 2.14. The SMILES string of the molecule is CC(C)CCOc1cccc(NC(=S)NC(=O)c2ccccc2OC(C)C)c1. The first-order chi connectivity index (χ1) is 13.3. The van der Waals surface area contributed by atoms with Crippen molar-refractivity contribution in [1.29, 1.82) is 0 Å². The third kappa shape index (κ3) is 7.19. The molecule has 0 bridgehead atoms. The minimum Gasteiger partial charge on any atom is -0.494 e. The van der Waals surface area contributed by atoms with E-state index in [0.717, 1.165) is 17.9 Å². The Morgan fingerprint density at radius 2 is 1.82 bits per heavy atom. The number of amides is 1. The lowest BCUT2D eigenvalue weighted by atomic mass is 10.1.